The van der Waals surface area contributed by atoms with Gasteiger partial charge < -0.3 is 9.15 Å². The van der Waals surface area contributed by atoms with Gasteiger partial charge >= 0.3 is 5.97 Å². The second-order valence-corrected chi connectivity index (χ2v) is 5.49. The minimum Gasteiger partial charge on any atom is -0.467 e. The minimum atomic E-state index is -0.442. The molecular formula is C14H19N3O3. The summed E-state index contributed by atoms with van der Waals surface area (Å²) in [6.07, 6.45) is 1.61. The highest BCUT2D eigenvalue weighted by atomic mass is 16.5. The van der Waals surface area contributed by atoms with Crippen LogP contribution in [0.2, 0.25) is 0 Å². The highest BCUT2D eigenvalue weighted by Crippen LogP contribution is 2.25. The van der Waals surface area contributed by atoms with E-state index in [-0.39, 0.29) is 11.1 Å². The van der Waals surface area contributed by atoms with Crippen LogP contribution in [-0.4, -0.2) is 27.6 Å². The molecule has 0 N–H and O–H groups in total. The van der Waals surface area contributed by atoms with Crippen LogP contribution in [-0.2, 0) is 16.7 Å². The molecule has 6 nitrogen and oxygen atoms in total. The maximum absolute atomic E-state index is 12.0. The molecule has 0 radical (unpaired) electrons. The molecule has 108 valence electrons. The van der Waals surface area contributed by atoms with E-state index >= 15 is 0 Å². The second-order valence-electron chi connectivity index (χ2n) is 5.49. The topological polar surface area (TPSA) is 70.2 Å². The lowest BCUT2D eigenvalue weighted by Crippen LogP contribution is -2.23. The maximum Gasteiger partial charge on any atom is 0.360 e. The standard InChI is InChI=1S/C14H19N3O3/c1-5-19-13(18)11-12(14(2,3)4)17(16-15-11)9-10-7-6-8-20-10/h6-8H,5,9H2,1-4H3. The van der Waals surface area contributed by atoms with E-state index in [4.69, 9.17) is 9.15 Å². The molecule has 6 heteroatoms. The molecule has 0 aliphatic heterocycles. The molecule has 0 saturated carbocycles. The van der Waals surface area contributed by atoms with Crippen molar-refractivity contribution in [1.29, 1.82) is 0 Å². The van der Waals surface area contributed by atoms with E-state index in [2.05, 4.69) is 10.3 Å². The third-order valence-electron chi connectivity index (χ3n) is 2.80. The van der Waals surface area contributed by atoms with E-state index in [0.717, 1.165) is 11.5 Å². The molecule has 2 heterocycles. The van der Waals surface area contributed by atoms with Crippen LogP contribution in [0.25, 0.3) is 0 Å². The monoisotopic (exact) mass is 277 g/mol. The quantitative estimate of drug-likeness (QED) is 0.802. The number of nitrogens with zero attached hydrogens (tertiary/aromatic N) is 3. The van der Waals surface area contributed by atoms with Crippen molar-refractivity contribution < 1.29 is 13.9 Å². The fourth-order valence-corrected chi connectivity index (χ4v) is 2.05. The lowest BCUT2D eigenvalue weighted by molar-refractivity contribution is 0.0516. The smallest absolute Gasteiger partial charge is 0.360 e. The summed E-state index contributed by atoms with van der Waals surface area (Å²) in [4.78, 5) is 12.0. The summed E-state index contributed by atoms with van der Waals surface area (Å²) in [6, 6.07) is 3.67. The van der Waals surface area contributed by atoms with Crippen molar-refractivity contribution in [3.8, 4) is 0 Å². The van der Waals surface area contributed by atoms with Gasteiger partial charge in [-0.05, 0) is 19.1 Å². The summed E-state index contributed by atoms with van der Waals surface area (Å²) in [6.45, 7) is 8.54. The van der Waals surface area contributed by atoms with Gasteiger partial charge in [-0.2, -0.15) is 0 Å². The van der Waals surface area contributed by atoms with E-state index in [1.807, 2.05) is 32.9 Å². The molecule has 0 aromatic carbocycles. The van der Waals surface area contributed by atoms with Gasteiger partial charge in [-0.25, -0.2) is 9.48 Å². The molecule has 0 unspecified atom stereocenters. The third kappa shape index (κ3) is 2.89. The summed E-state index contributed by atoms with van der Waals surface area (Å²) in [5.41, 5.74) is 0.733. The molecular weight excluding hydrogens is 258 g/mol. The largest absolute Gasteiger partial charge is 0.467 e. The second kappa shape index (κ2) is 5.48. The van der Waals surface area contributed by atoms with Crippen molar-refractivity contribution in [3.05, 3.63) is 35.5 Å². The average Bonchev–Trinajstić information content (AvgIpc) is 2.98. The number of hydrogen-bond donors (Lipinski definition) is 0. The van der Waals surface area contributed by atoms with Crippen LogP contribution >= 0.6 is 0 Å². The number of aromatic nitrogens is 3. The Balaban J connectivity index is 2.40. The van der Waals surface area contributed by atoms with E-state index < -0.39 is 5.97 Å². The average molecular weight is 277 g/mol. The number of carbonyl (C=O) groups excluding carboxylic acids is 1. The molecule has 0 atom stereocenters. The first-order valence-electron chi connectivity index (χ1n) is 6.57. The fraction of sp³-hybridized carbons (Fsp3) is 0.500. The van der Waals surface area contributed by atoms with Crippen LogP contribution in [0.4, 0.5) is 0 Å². The van der Waals surface area contributed by atoms with Crippen LogP contribution in [0.1, 0.15) is 49.6 Å². The normalized spacial score (nSPS) is 11.6. The maximum atomic E-state index is 12.0. The molecule has 2 aromatic heterocycles. The summed E-state index contributed by atoms with van der Waals surface area (Å²) in [5.74, 6) is 0.318. The predicted molar refractivity (Wildman–Crippen MR) is 72.5 cm³/mol. The van der Waals surface area contributed by atoms with Crippen LogP contribution < -0.4 is 0 Å². The van der Waals surface area contributed by atoms with E-state index in [0.29, 0.717) is 13.2 Å². The first kappa shape index (κ1) is 14.3. The molecule has 2 rings (SSSR count). The van der Waals surface area contributed by atoms with Gasteiger partial charge in [0.1, 0.15) is 12.3 Å². The number of carbonyl (C=O) groups is 1. The zero-order valence-corrected chi connectivity index (χ0v) is 12.2. The molecule has 0 saturated heterocycles. The van der Waals surface area contributed by atoms with Gasteiger partial charge in [0.25, 0.3) is 0 Å². The molecule has 2 aromatic rings. The number of furan rings is 1. The van der Waals surface area contributed by atoms with Crippen LogP contribution in [0, 0.1) is 0 Å². The van der Waals surface area contributed by atoms with Crippen molar-refractivity contribution in [2.75, 3.05) is 6.61 Å². The van der Waals surface area contributed by atoms with Crippen LogP contribution in [0.3, 0.4) is 0 Å². The van der Waals surface area contributed by atoms with Gasteiger partial charge in [0.2, 0.25) is 0 Å². The van der Waals surface area contributed by atoms with Crippen molar-refractivity contribution >= 4 is 5.97 Å². The number of rotatable bonds is 4. The van der Waals surface area contributed by atoms with Crippen molar-refractivity contribution in [2.45, 2.75) is 39.7 Å². The highest BCUT2D eigenvalue weighted by molar-refractivity contribution is 5.88. The molecule has 0 aliphatic rings. The first-order valence-corrected chi connectivity index (χ1v) is 6.57. The van der Waals surface area contributed by atoms with Crippen LogP contribution in [0.15, 0.2) is 22.8 Å². The summed E-state index contributed by atoms with van der Waals surface area (Å²) < 4.78 is 12.0. The van der Waals surface area contributed by atoms with Crippen molar-refractivity contribution in [3.63, 3.8) is 0 Å². The number of ether oxygens (including phenoxy) is 1. The van der Waals surface area contributed by atoms with Crippen molar-refractivity contribution in [2.24, 2.45) is 0 Å². The molecule has 0 bridgehead atoms. The van der Waals surface area contributed by atoms with Gasteiger partial charge in [-0.15, -0.1) is 5.10 Å². The van der Waals surface area contributed by atoms with E-state index in [1.54, 1.807) is 17.9 Å². The Morgan fingerprint density at radius 2 is 2.20 bits per heavy atom. The predicted octanol–water partition coefficient (Wildman–Crippen LogP) is 2.39. The lowest BCUT2D eigenvalue weighted by atomic mass is 9.90. The van der Waals surface area contributed by atoms with Gasteiger partial charge in [0.05, 0.1) is 18.6 Å². The SMILES string of the molecule is CCOC(=O)c1nnn(Cc2ccco2)c1C(C)(C)C. The van der Waals surface area contributed by atoms with Crippen LogP contribution in [0.5, 0.6) is 0 Å². The number of hydrogen-bond acceptors (Lipinski definition) is 5. The Hall–Kier alpha value is -2.11. The minimum absolute atomic E-state index is 0.269. The molecule has 0 spiro atoms. The first-order chi connectivity index (χ1) is 9.43. The van der Waals surface area contributed by atoms with Gasteiger partial charge in [-0.1, -0.05) is 26.0 Å². The highest BCUT2D eigenvalue weighted by Gasteiger charge is 2.30. The Kier molecular flexibility index (Phi) is 3.92. The summed E-state index contributed by atoms with van der Waals surface area (Å²) >= 11 is 0. The van der Waals surface area contributed by atoms with Gasteiger partial charge in [-0.3, -0.25) is 0 Å². The fourth-order valence-electron chi connectivity index (χ4n) is 2.05. The van der Waals surface area contributed by atoms with E-state index in [1.165, 1.54) is 0 Å². The Morgan fingerprint density at radius 3 is 2.75 bits per heavy atom. The van der Waals surface area contributed by atoms with Crippen molar-refractivity contribution in [1.82, 2.24) is 15.0 Å². The molecule has 0 fully saturated rings. The Morgan fingerprint density at radius 1 is 1.45 bits per heavy atom. The number of esters is 1. The van der Waals surface area contributed by atoms with Gasteiger partial charge in [0, 0.05) is 5.41 Å². The van der Waals surface area contributed by atoms with E-state index in [9.17, 15) is 4.79 Å². The lowest BCUT2D eigenvalue weighted by Gasteiger charge is -2.20. The van der Waals surface area contributed by atoms with Gasteiger partial charge in [0.15, 0.2) is 5.69 Å². The zero-order valence-electron chi connectivity index (χ0n) is 12.2. The summed E-state index contributed by atoms with van der Waals surface area (Å²) in [7, 11) is 0. The Bertz CT molecular complexity index is 579. The molecule has 0 aliphatic carbocycles. The molecule has 0 amide bonds. The zero-order chi connectivity index (χ0) is 14.8. The molecule has 20 heavy (non-hydrogen) atoms. The third-order valence-corrected chi connectivity index (χ3v) is 2.80. The summed E-state index contributed by atoms with van der Waals surface area (Å²) in [5, 5.41) is 8.05. The Labute approximate surface area is 117 Å².